The van der Waals surface area contributed by atoms with Crippen LogP contribution in [0.5, 0.6) is 5.75 Å². The molecule has 0 saturated carbocycles. The average molecular weight is 319 g/mol. The highest BCUT2D eigenvalue weighted by molar-refractivity contribution is 5.95. The number of hydrogen-bond acceptors (Lipinski definition) is 2. The molecule has 0 atom stereocenters. The second-order valence-corrected chi connectivity index (χ2v) is 6.09. The van der Waals surface area contributed by atoms with Crippen LogP contribution >= 0.6 is 0 Å². The Hall–Kier alpha value is -2.88. The summed E-state index contributed by atoms with van der Waals surface area (Å²) in [5.74, 6) is 1.13. The molecule has 1 aliphatic rings. The molecule has 4 nitrogen and oxygen atoms in total. The van der Waals surface area contributed by atoms with E-state index in [0.717, 1.165) is 30.9 Å². The van der Waals surface area contributed by atoms with Gasteiger partial charge >= 0.3 is 0 Å². The average Bonchev–Trinajstić information content (AvgIpc) is 3.24. The molecule has 0 saturated heterocycles. The van der Waals surface area contributed by atoms with Gasteiger partial charge in [-0.2, -0.15) is 0 Å². The van der Waals surface area contributed by atoms with Gasteiger partial charge < -0.3 is 4.74 Å². The smallest absolute Gasteiger partial charge is 0.244 e. The minimum Gasteiger partial charge on any atom is -0.493 e. The second kappa shape index (κ2) is 6.32. The zero-order valence-corrected chi connectivity index (χ0v) is 13.4. The maximum atomic E-state index is 12.3. The summed E-state index contributed by atoms with van der Waals surface area (Å²) in [5.41, 5.74) is 3.28. The van der Waals surface area contributed by atoms with Gasteiger partial charge in [0.1, 0.15) is 24.7 Å². The Morgan fingerprint density at radius 1 is 1.17 bits per heavy atom. The number of aromatic nitrogens is 2. The zero-order chi connectivity index (χ0) is 16.4. The molecule has 1 aromatic heterocycles. The van der Waals surface area contributed by atoms with Crippen molar-refractivity contribution in [2.24, 2.45) is 0 Å². The van der Waals surface area contributed by atoms with Crippen molar-refractivity contribution in [3.8, 4) is 5.75 Å². The molecule has 1 aliphatic heterocycles. The van der Waals surface area contributed by atoms with Gasteiger partial charge in [-0.1, -0.05) is 36.4 Å². The summed E-state index contributed by atoms with van der Waals surface area (Å²) in [6.45, 7) is 1.93. The van der Waals surface area contributed by atoms with E-state index in [1.54, 1.807) is 0 Å². The number of hydrogen-bond donors (Lipinski definition) is 0. The van der Waals surface area contributed by atoms with Crippen molar-refractivity contribution in [3.63, 3.8) is 0 Å². The van der Waals surface area contributed by atoms with Crippen molar-refractivity contribution >= 4 is 5.78 Å². The number of ether oxygens (including phenoxy) is 1. The van der Waals surface area contributed by atoms with Crippen molar-refractivity contribution in [1.82, 2.24) is 4.57 Å². The quantitative estimate of drug-likeness (QED) is 0.535. The molecule has 0 radical (unpaired) electrons. The third kappa shape index (κ3) is 3.08. The highest BCUT2D eigenvalue weighted by Gasteiger charge is 2.14. The lowest BCUT2D eigenvalue weighted by Gasteiger charge is -2.02. The third-order valence-electron chi connectivity index (χ3n) is 4.29. The van der Waals surface area contributed by atoms with Gasteiger partial charge in [0.2, 0.25) is 12.1 Å². The van der Waals surface area contributed by atoms with Crippen LogP contribution in [0.4, 0.5) is 0 Å². The molecular weight excluding hydrogens is 300 g/mol. The molecule has 2 heterocycles. The molecule has 120 valence electrons. The predicted octanol–water partition coefficient (Wildman–Crippen LogP) is 2.64. The van der Waals surface area contributed by atoms with E-state index in [9.17, 15) is 4.79 Å². The minimum absolute atomic E-state index is 0.119. The van der Waals surface area contributed by atoms with E-state index in [1.165, 1.54) is 11.1 Å². The fourth-order valence-corrected chi connectivity index (χ4v) is 3.06. The molecule has 0 spiro atoms. The fraction of sp³-hybridized carbons (Fsp3) is 0.200. The SMILES string of the molecule is O=C(Cn1cc[n+](Cc2ccc3c(c2)CCO3)c1)c1ccccc1. The van der Waals surface area contributed by atoms with Gasteiger partial charge in [-0.15, -0.1) is 0 Å². The van der Waals surface area contributed by atoms with Crippen LogP contribution in [-0.2, 0) is 19.5 Å². The first-order valence-corrected chi connectivity index (χ1v) is 8.15. The van der Waals surface area contributed by atoms with Gasteiger partial charge in [0.05, 0.1) is 6.61 Å². The Kier molecular flexibility index (Phi) is 3.87. The molecule has 4 heteroatoms. The van der Waals surface area contributed by atoms with Crippen LogP contribution in [0.2, 0.25) is 0 Å². The molecule has 0 amide bonds. The van der Waals surface area contributed by atoms with E-state index in [2.05, 4.69) is 16.7 Å². The summed E-state index contributed by atoms with van der Waals surface area (Å²) in [6.07, 6.45) is 6.91. The summed E-state index contributed by atoms with van der Waals surface area (Å²) in [5, 5.41) is 0. The maximum Gasteiger partial charge on any atom is 0.244 e. The molecule has 0 unspecified atom stereocenters. The molecule has 2 aromatic carbocycles. The summed E-state index contributed by atoms with van der Waals surface area (Å²) in [7, 11) is 0. The van der Waals surface area contributed by atoms with Crippen molar-refractivity contribution in [3.05, 3.63) is 83.9 Å². The molecule has 0 bridgehead atoms. The number of fused-ring (bicyclic) bond motifs is 1. The summed E-state index contributed by atoms with van der Waals surface area (Å²) >= 11 is 0. The van der Waals surface area contributed by atoms with Gasteiger partial charge in [0, 0.05) is 12.0 Å². The van der Waals surface area contributed by atoms with Gasteiger partial charge in [-0.25, -0.2) is 9.13 Å². The summed E-state index contributed by atoms with van der Waals surface area (Å²) in [6, 6.07) is 15.8. The van der Waals surface area contributed by atoms with Crippen molar-refractivity contribution < 1.29 is 14.1 Å². The van der Waals surface area contributed by atoms with Crippen molar-refractivity contribution in [2.45, 2.75) is 19.5 Å². The fourth-order valence-electron chi connectivity index (χ4n) is 3.06. The first-order valence-electron chi connectivity index (χ1n) is 8.15. The Labute approximate surface area is 140 Å². The van der Waals surface area contributed by atoms with Gasteiger partial charge in [0.25, 0.3) is 0 Å². The standard InChI is InChI=1S/C20H19N2O2/c23-19(17-4-2-1-3-5-17)14-22-10-9-21(15-22)13-16-6-7-20-18(12-16)8-11-24-20/h1-7,9-10,12,15H,8,11,13-14H2/q+1. The molecule has 0 fully saturated rings. The normalized spacial score (nSPS) is 12.7. The van der Waals surface area contributed by atoms with Crippen LogP contribution in [0.25, 0.3) is 0 Å². The van der Waals surface area contributed by atoms with E-state index in [1.807, 2.05) is 59.7 Å². The van der Waals surface area contributed by atoms with Gasteiger partial charge in [0.15, 0.2) is 6.54 Å². The Bertz CT molecular complexity index is 868. The Morgan fingerprint density at radius 2 is 2.04 bits per heavy atom. The molecule has 3 aromatic rings. The molecule has 4 rings (SSSR count). The number of rotatable bonds is 5. The monoisotopic (exact) mass is 319 g/mol. The van der Waals surface area contributed by atoms with Gasteiger partial charge in [-0.3, -0.25) is 4.79 Å². The topological polar surface area (TPSA) is 35.1 Å². The summed E-state index contributed by atoms with van der Waals surface area (Å²) in [4.78, 5) is 12.3. The lowest BCUT2D eigenvalue weighted by molar-refractivity contribution is -0.687. The van der Waals surface area contributed by atoms with Crippen LogP contribution in [-0.4, -0.2) is 17.0 Å². The Morgan fingerprint density at radius 3 is 2.92 bits per heavy atom. The van der Waals surface area contributed by atoms with Crippen LogP contribution in [0.3, 0.4) is 0 Å². The maximum absolute atomic E-state index is 12.3. The third-order valence-corrected chi connectivity index (χ3v) is 4.29. The summed E-state index contributed by atoms with van der Waals surface area (Å²) < 4.78 is 9.56. The number of Topliss-reactive ketones (excluding diaryl/α,β-unsaturated/α-hetero) is 1. The number of nitrogens with zero attached hydrogens (tertiary/aromatic N) is 2. The number of carbonyl (C=O) groups is 1. The Balaban J connectivity index is 1.44. The van der Waals surface area contributed by atoms with Crippen LogP contribution < -0.4 is 9.30 Å². The molecule has 24 heavy (non-hydrogen) atoms. The molecule has 0 aliphatic carbocycles. The van der Waals surface area contributed by atoms with E-state index in [4.69, 9.17) is 4.74 Å². The predicted molar refractivity (Wildman–Crippen MR) is 90.1 cm³/mol. The van der Waals surface area contributed by atoms with E-state index in [-0.39, 0.29) is 5.78 Å². The largest absolute Gasteiger partial charge is 0.493 e. The zero-order valence-electron chi connectivity index (χ0n) is 13.4. The highest BCUT2D eigenvalue weighted by atomic mass is 16.5. The van der Waals surface area contributed by atoms with Crippen LogP contribution in [0, 0.1) is 0 Å². The van der Waals surface area contributed by atoms with E-state index in [0.29, 0.717) is 6.54 Å². The first kappa shape index (κ1) is 14.7. The molecule has 0 N–H and O–H groups in total. The second-order valence-electron chi connectivity index (χ2n) is 6.09. The van der Waals surface area contributed by atoms with Crippen LogP contribution in [0.1, 0.15) is 21.5 Å². The van der Waals surface area contributed by atoms with Crippen molar-refractivity contribution in [2.75, 3.05) is 6.61 Å². The van der Waals surface area contributed by atoms with Gasteiger partial charge in [-0.05, 0) is 23.3 Å². The number of carbonyl (C=O) groups excluding carboxylic acids is 1. The highest BCUT2D eigenvalue weighted by Crippen LogP contribution is 2.25. The first-order chi connectivity index (χ1) is 11.8. The number of ketones is 1. The lowest BCUT2D eigenvalue weighted by Crippen LogP contribution is -2.31. The van der Waals surface area contributed by atoms with E-state index >= 15 is 0 Å². The molecular formula is C20H19N2O2+. The number of imidazole rings is 1. The minimum atomic E-state index is 0.119. The lowest BCUT2D eigenvalue weighted by atomic mass is 10.1. The van der Waals surface area contributed by atoms with E-state index < -0.39 is 0 Å². The number of benzene rings is 2. The van der Waals surface area contributed by atoms with Crippen LogP contribution in [0.15, 0.2) is 67.3 Å². The van der Waals surface area contributed by atoms with Crippen molar-refractivity contribution in [1.29, 1.82) is 0 Å².